The first-order valence-corrected chi connectivity index (χ1v) is 9.04. The molecule has 0 unspecified atom stereocenters. The smallest absolute Gasteiger partial charge is 0.264 e. The summed E-state index contributed by atoms with van der Waals surface area (Å²) in [6, 6.07) is 12.2. The van der Waals surface area contributed by atoms with Gasteiger partial charge in [0.2, 0.25) is 0 Å². The number of benzene rings is 1. The van der Waals surface area contributed by atoms with Gasteiger partial charge in [0.05, 0.1) is 8.66 Å². The van der Waals surface area contributed by atoms with E-state index >= 15 is 0 Å². The monoisotopic (exact) mass is 425 g/mol. The van der Waals surface area contributed by atoms with Crippen LogP contribution in [0.25, 0.3) is 5.57 Å². The van der Waals surface area contributed by atoms with Crippen LogP contribution in [0, 0.1) is 0 Å². The van der Waals surface area contributed by atoms with Gasteiger partial charge in [0, 0.05) is 17.6 Å². The molecule has 1 aliphatic rings. The fourth-order valence-electron chi connectivity index (χ4n) is 2.38. The second kappa shape index (κ2) is 6.46. The molecule has 0 N–H and O–H groups in total. The van der Waals surface area contributed by atoms with Crippen molar-refractivity contribution in [2.24, 2.45) is 0 Å². The van der Waals surface area contributed by atoms with Crippen molar-refractivity contribution in [2.75, 3.05) is 13.1 Å². The van der Waals surface area contributed by atoms with Gasteiger partial charge in [-0.05, 0) is 55.5 Å². The van der Waals surface area contributed by atoms with Crippen LogP contribution in [0.3, 0.4) is 0 Å². The third kappa shape index (κ3) is 3.30. The largest absolute Gasteiger partial charge is 0.334 e. The van der Waals surface area contributed by atoms with E-state index in [0.717, 1.165) is 26.1 Å². The van der Waals surface area contributed by atoms with E-state index in [4.69, 9.17) is 0 Å². The zero-order chi connectivity index (χ0) is 14.8. The number of carbonyl (C=O) groups excluding carboxylic acids is 1. The van der Waals surface area contributed by atoms with Gasteiger partial charge in [0.15, 0.2) is 0 Å². The zero-order valence-corrected chi connectivity index (χ0v) is 15.2. The van der Waals surface area contributed by atoms with Crippen LogP contribution in [0.4, 0.5) is 0 Å². The van der Waals surface area contributed by atoms with Gasteiger partial charge in [-0.15, -0.1) is 11.3 Å². The Morgan fingerprint density at radius 1 is 1.19 bits per heavy atom. The number of thiophene rings is 1. The van der Waals surface area contributed by atoms with E-state index in [1.807, 2.05) is 17.0 Å². The first-order chi connectivity index (χ1) is 10.1. The molecule has 1 amide bonds. The summed E-state index contributed by atoms with van der Waals surface area (Å²) >= 11 is 8.34. The van der Waals surface area contributed by atoms with Crippen LogP contribution in [-0.4, -0.2) is 23.9 Å². The summed E-state index contributed by atoms with van der Waals surface area (Å²) in [5.41, 5.74) is 2.58. The van der Waals surface area contributed by atoms with Crippen molar-refractivity contribution in [3.05, 3.63) is 61.2 Å². The third-order valence-corrected chi connectivity index (χ3v) is 6.74. The Bertz CT molecular complexity index is 674. The van der Waals surface area contributed by atoms with Gasteiger partial charge in [0.25, 0.3) is 5.91 Å². The molecule has 0 saturated heterocycles. The highest BCUT2D eigenvalue weighted by molar-refractivity contribution is 9.13. The molecule has 108 valence electrons. The van der Waals surface area contributed by atoms with Crippen molar-refractivity contribution in [3.63, 3.8) is 0 Å². The fourth-order valence-corrected chi connectivity index (χ4v) is 4.38. The molecule has 3 rings (SSSR count). The molecule has 0 atom stereocenters. The minimum atomic E-state index is 0.106. The fraction of sp³-hybridized carbons (Fsp3) is 0.188. The molecule has 2 nitrogen and oxygen atoms in total. The van der Waals surface area contributed by atoms with Crippen molar-refractivity contribution >= 4 is 54.7 Å². The summed E-state index contributed by atoms with van der Waals surface area (Å²) in [6.07, 6.45) is 3.07. The lowest BCUT2D eigenvalue weighted by Gasteiger charge is -2.26. The van der Waals surface area contributed by atoms with Crippen molar-refractivity contribution < 1.29 is 4.79 Å². The Kier molecular flexibility index (Phi) is 4.62. The minimum Gasteiger partial charge on any atom is -0.334 e. The molecule has 2 aromatic rings. The number of rotatable bonds is 2. The number of halogens is 2. The molecule has 0 radical (unpaired) electrons. The van der Waals surface area contributed by atoms with E-state index in [-0.39, 0.29) is 5.91 Å². The average Bonchev–Trinajstić information content (AvgIpc) is 2.87. The number of nitrogens with zero attached hydrogens (tertiary/aromatic N) is 1. The number of hydrogen-bond donors (Lipinski definition) is 0. The van der Waals surface area contributed by atoms with Crippen molar-refractivity contribution in [3.8, 4) is 0 Å². The van der Waals surface area contributed by atoms with E-state index in [2.05, 4.69) is 62.2 Å². The van der Waals surface area contributed by atoms with Gasteiger partial charge in [-0.1, -0.05) is 36.4 Å². The van der Waals surface area contributed by atoms with Crippen molar-refractivity contribution in [1.82, 2.24) is 4.90 Å². The summed E-state index contributed by atoms with van der Waals surface area (Å²) in [5, 5.41) is 0. The molecule has 0 bridgehead atoms. The van der Waals surface area contributed by atoms with Crippen LogP contribution < -0.4 is 0 Å². The molecule has 2 heterocycles. The molecule has 1 aromatic carbocycles. The normalized spacial score (nSPS) is 15.0. The number of amides is 1. The molecular formula is C16H13Br2NOS. The quantitative estimate of drug-likeness (QED) is 0.645. The average molecular weight is 427 g/mol. The highest BCUT2D eigenvalue weighted by atomic mass is 79.9. The molecular weight excluding hydrogens is 414 g/mol. The predicted octanol–water partition coefficient (Wildman–Crippen LogP) is 5.20. The predicted molar refractivity (Wildman–Crippen MR) is 94.7 cm³/mol. The van der Waals surface area contributed by atoms with E-state index in [9.17, 15) is 4.79 Å². The summed E-state index contributed by atoms with van der Waals surface area (Å²) in [7, 11) is 0. The summed E-state index contributed by atoms with van der Waals surface area (Å²) < 4.78 is 1.90. The third-order valence-electron chi connectivity index (χ3n) is 3.50. The van der Waals surface area contributed by atoms with E-state index in [1.165, 1.54) is 22.5 Å². The van der Waals surface area contributed by atoms with Crippen LogP contribution in [0.1, 0.15) is 21.7 Å². The lowest BCUT2D eigenvalue weighted by Crippen LogP contribution is -2.34. The molecule has 21 heavy (non-hydrogen) atoms. The van der Waals surface area contributed by atoms with Crippen LogP contribution >= 0.6 is 43.2 Å². The minimum absolute atomic E-state index is 0.106. The first-order valence-electron chi connectivity index (χ1n) is 6.63. The molecule has 0 spiro atoms. The topological polar surface area (TPSA) is 20.3 Å². The number of hydrogen-bond acceptors (Lipinski definition) is 2. The summed E-state index contributed by atoms with van der Waals surface area (Å²) in [4.78, 5) is 15.1. The van der Waals surface area contributed by atoms with Crippen molar-refractivity contribution in [2.45, 2.75) is 6.42 Å². The summed E-state index contributed by atoms with van der Waals surface area (Å²) in [5.74, 6) is 0.106. The van der Waals surface area contributed by atoms with Gasteiger partial charge in [-0.25, -0.2) is 0 Å². The second-order valence-electron chi connectivity index (χ2n) is 4.83. The maximum Gasteiger partial charge on any atom is 0.264 e. The van der Waals surface area contributed by atoms with Crippen LogP contribution in [0.15, 0.2) is 50.7 Å². The number of carbonyl (C=O) groups is 1. The van der Waals surface area contributed by atoms with Gasteiger partial charge in [-0.3, -0.25) is 4.79 Å². The van der Waals surface area contributed by atoms with Gasteiger partial charge in [-0.2, -0.15) is 0 Å². The van der Waals surface area contributed by atoms with Crippen LogP contribution in [-0.2, 0) is 0 Å². The Morgan fingerprint density at radius 2 is 1.95 bits per heavy atom. The van der Waals surface area contributed by atoms with Gasteiger partial charge >= 0.3 is 0 Å². The van der Waals surface area contributed by atoms with Crippen LogP contribution in [0.2, 0.25) is 0 Å². The molecule has 0 fully saturated rings. The van der Waals surface area contributed by atoms with Gasteiger partial charge in [0.1, 0.15) is 0 Å². The first kappa shape index (κ1) is 15.0. The molecule has 0 aliphatic carbocycles. The van der Waals surface area contributed by atoms with E-state index in [1.54, 1.807) is 0 Å². The lowest BCUT2D eigenvalue weighted by atomic mass is 9.99. The lowest BCUT2D eigenvalue weighted by molar-refractivity contribution is 0.0777. The Balaban J connectivity index is 1.73. The molecule has 1 aromatic heterocycles. The molecule has 5 heteroatoms. The molecule has 0 saturated carbocycles. The SMILES string of the molecule is O=C(c1cc(Br)c(Br)s1)N1CC=C(c2ccccc2)CC1. The van der Waals surface area contributed by atoms with E-state index < -0.39 is 0 Å². The maximum atomic E-state index is 12.5. The Labute approximate surface area is 144 Å². The van der Waals surface area contributed by atoms with Crippen LogP contribution in [0.5, 0.6) is 0 Å². The van der Waals surface area contributed by atoms with Crippen molar-refractivity contribution in [1.29, 1.82) is 0 Å². The Hall–Kier alpha value is -0.910. The highest BCUT2D eigenvalue weighted by Gasteiger charge is 2.21. The standard InChI is InChI=1S/C16H13Br2NOS/c17-13-10-14(21-15(13)18)16(20)19-8-6-12(7-9-19)11-4-2-1-3-5-11/h1-6,10H,7-9H2. The zero-order valence-electron chi connectivity index (χ0n) is 11.2. The summed E-state index contributed by atoms with van der Waals surface area (Å²) in [6.45, 7) is 1.45. The van der Waals surface area contributed by atoms with Gasteiger partial charge < -0.3 is 4.90 Å². The van der Waals surface area contributed by atoms with E-state index in [0.29, 0.717) is 6.54 Å². The molecule has 1 aliphatic heterocycles. The highest BCUT2D eigenvalue weighted by Crippen LogP contribution is 2.33. The maximum absolute atomic E-state index is 12.5. The Morgan fingerprint density at radius 3 is 2.52 bits per heavy atom. The second-order valence-corrected chi connectivity index (χ2v) is 8.05.